The largest absolute Gasteiger partial charge is 0.399 e. The molecule has 2 N–H and O–H groups in total. The van der Waals surface area contributed by atoms with Gasteiger partial charge in [-0.25, -0.2) is 4.98 Å². The average Bonchev–Trinajstić information content (AvgIpc) is 3.11. The van der Waals surface area contributed by atoms with Crippen LogP contribution in [0.3, 0.4) is 0 Å². The lowest BCUT2D eigenvalue weighted by Crippen LogP contribution is -2.05. The van der Waals surface area contributed by atoms with Crippen LogP contribution >= 0.6 is 0 Å². The Morgan fingerprint density at radius 1 is 1.37 bits per heavy atom. The second-order valence-corrected chi connectivity index (χ2v) is 6.11. The smallest absolute Gasteiger partial charge is 0.112 e. The minimum Gasteiger partial charge on any atom is -0.399 e. The Labute approximate surface area is 114 Å². The molecule has 1 aliphatic rings. The van der Waals surface area contributed by atoms with Gasteiger partial charge >= 0.3 is 0 Å². The van der Waals surface area contributed by atoms with E-state index in [1.807, 2.05) is 12.1 Å². The molecule has 1 aliphatic carbocycles. The lowest BCUT2D eigenvalue weighted by molar-refractivity contribution is 0.558. The van der Waals surface area contributed by atoms with Crippen molar-refractivity contribution in [2.45, 2.75) is 52.0 Å². The molecule has 0 radical (unpaired) electrons. The fourth-order valence-corrected chi connectivity index (χ4v) is 2.79. The molecule has 1 aromatic heterocycles. The Morgan fingerprint density at radius 3 is 2.84 bits per heavy atom. The van der Waals surface area contributed by atoms with E-state index in [9.17, 15) is 0 Å². The molecule has 2 aromatic rings. The Hall–Kier alpha value is -1.51. The van der Waals surface area contributed by atoms with Crippen molar-refractivity contribution in [1.82, 2.24) is 9.55 Å². The molecular formula is C16H23N3. The number of nitrogens with zero attached hydrogens (tertiary/aromatic N) is 2. The van der Waals surface area contributed by atoms with Crippen molar-refractivity contribution < 1.29 is 0 Å². The topological polar surface area (TPSA) is 43.8 Å². The zero-order chi connectivity index (χ0) is 13.4. The number of aromatic nitrogens is 2. The normalized spacial score (nSPS) is 15.5. The number of imidazole rings is 1. The van der Waals surface area contributed by atoms with Gasteiger partial charge in [-0.15, -0.1) is 0 Å². The van der Waals surface area contributed by atoms with Crippen LogP contribution in [0.25, 0.3) is 11.0 Å². The second kappa shape index (κ2) is 4.87. The summed E-state index contributed by atoms with van der Waals surface area (Å²) in [6.07, 6.45) is 5.52. The number of benzene rings is 1. The van der Waals surface area contributed by atoms with Gasteiger partial charge in [-0.05, 0) is 37.0 Å². The van der Waals surface area contributed by atoms with Gasteiger partial charge in [-0.3, -0.25) is 0 Å². The summed E-state index contributed by atoms with van der Waals surface area (Å²) < 4.78 is 2.39. The molecule has 0 saturated heterocycles. The van der Waals surface area contributed by atoms with Crippen molar-refractivity contribution in [3.63, 3.8) is 0 Å². The van der Waals surface area contributed by atoms with Crippen LogP contribution in [0.1, 0.15) is 51.3 Å². The molecule has 3 nitrogen and oxygen atoms in total. The highest BCUT2D eigenvalue weighted by molar-refractivity contribution is 5.79. The molecular weight excluding hydrogens is 234 g/mol. The maximum absolute atomic E-state index is 5.86. The number of nitrogen functional groups attached to an aromatic ring is 1. The third-order valence-electron chi connectivity index (χ3n) is 4.01. The number of nitrogens with two attached hydrogens (primary N) is 1. The number of hydrogen-bond acceptors (Lipinski definition) is 2. The van der Waals surface area contributed by atoms with E-state index in [0.717, 1.165) is 23.7 Å². The lowest BCUT2D eigenvalue weighted by atomic mass is 10.2. The second-order valence-electron chi connectivity index (χ2n) is 6.11. The van der Waals surface area contributed by atoms with E-state index >= 15 is 0 Å². The number of hydrogen-bond donors (Lipinski definition) is 1. The molecule has 1 aromatic carbocycles. The van der Waals surface area contributed by atoms with E-state index in [4.69, 9.17) is 10.7 Å². The summed E-state index contributed by atoms with van der Waals surface area (Å²) in [7, 11) is 0. The van der Waals surface area contributed by atoms with Crippen molar-refractivity contribution in [3.05, 3.63) is 24.0 Å². The van der Waals surface area contributed by atoms with Crippen LogP contribution in [0.5, 0.6) is 0 Å². The molecule has 0 atom stereocenters. The van der Waals surface area contributed by atoms with E-state index in [1.165, 1.54) is 37.0 Å². The predicted octanol–water partition coefficient (Wildman–Crippen LogP) is 3.93. The molecule has 0 unspecified atom stereocenters. The van der Waals surface area contributed by atoms with Crippen LogP contribution in [0.15, 0.2) is 18.2 Å². The zero-order valence-corrected chi connectivity index (χ0v) is 11.9. The van der Waals surface area contributed by atoms with E-state index in [1.54, 1.807) is 0 Å². The first-order valence-corrected chi connectivity index (χ1v) is 7.41. The third kappa shape index (κ3) is 2.60. The Bertz CT molecular complexity index is 579. The molecule has 102 valence electrons. The molecule has 3 heteroatoms. The van der Waals surface area contributed by atoms with E-state index < -0.39 is 0 Å². The summed E-state index contributed by atoms with van der Waals surface area (Å²) in [5.74, 6) is 2.65. The van der Waals surface area contributed by atoms with Crippen molar-refractivity contribution in [2.24, 2.45) is 5.92 Å². The number of rotatable bonds is 5. The maximum Gasteiger partial charge on any atom is 0.112 e. The van der Waals surface area contributed by atoms with Crippen LogP contribution in [-0.4, -0.2) is 9.55 Å². The van der Waals surface area contributed by atoms with Gasteiger partial charge < -0.3 is 10.3 Å². The highest BCUT2D eigenvalue weighted by atomic mass is 15.1. The fourth-order valence-electron chi connectivity index (χ4n) is 2.79. The average molecular weight is 257 g/mol. The van der Waals surface area contributed by atoms with Crippen LogP contribution in [-0.2, 0) is 6.54 Å². The van der Waals surface area contributed by atoms with Gasteiger partial charge in [0.1, 0.15) is 5.82 Å². The van der Waals surface area contributed by atoms with Gasteiger partial charge in [0.05, 0.1) is 11.0 Å². The standard InChI is InChI=1S/C16H23N3/c1-11(2)16-18-14-10-13(17)7-8-15(14)19(16)9-3-4-12-5-6-12/h7-8,10-12H,3-6,9,17H2,1-2H3. The van der Waals surface area contributed by atoms with Gasteiger partial charge in [0, 0.05) is 18.2 Å². The minimum absolute atomic E-state index is 0.453. The van der Waals surface area contributed by atoms with Crippen molar-refractivity contribution >= 4 is 16.7 Å². The maximum atomic E-state index is 5.86. The van der Waals surface area contributed by atoms with Crippen molar-refractivity contribution in [3.8, 4) is 0 Å². The zero-order valence-electron chi connectivity index (χ0n) is 11.9. The lowest BCUT2D eigenvalue weighted by Gasteiger charge is -2.11. The third-order valence-corrected chi connectivity index (χ3v) is 4.01. The van der Waals surface area contributed by atoms with Gasteiger partial charge in [0.25, 0.3) is 0 Å². The molecule has 0 bridgehead atoms. The molecule has 0 aliphatic heterocycles. The molecule has 1 saturated carbocycles. The molecule has 0 amide bonds. The first-order chi connectivity index (χ1) is 9.15. The molecule has 0 spiro atoms. The Kier molecular flexibility index (Phi) is 3.21. The highest BCUT2D eigenvalue weighted by Gasteiger charge is 2.21. The number of fused-ring (bicyclic) bond motifs is 1. The van der Waals surface area contributed by atoms with Crippen LogP contribution < -0.4 is 5.73 Å². The van der Waals surface area contributed by atoms with Gasteiger partial charge in [0.15, 0.2) is 0 Å². The molecule has 3 rings (SSSR count). The van der Waals surface area contributed by atoms with Gasteiger partial charge in [0.2, 0.25) is 0 Å². The van der Waals surface area contributed by atoms with Gasteiger partial charge in [-0.2, -0.15) is 0 Å². The highest BCUT2D eigenvalue weighted by Crippen LogP contribution is 2.34. The number of anilines is 1. The molecule has 1 fully saturated rings. The summed E-state index contributed by atoms with van der Waals surface area (Å²) in [6.45, 7) is 5.51. The SMILES string of the molecule is CC(C)c1nc2cc(N)ccc2n1CCCC1CC1. The summed E-state index contributed by atoms with van der Waals surface area (Å²) in [6, 6.07) is 6.07. The first kappa shape index (κ1) is 12.5. The number of aryl methyl sites for hydroxylation is 1. The van der Waals surface area contributed by atoms with E-state index in [-0.39, 0.29) is 0 Å². The first-order valence-electron chi connectivity index (χ1n) is 7.41. The Morgan fingerprint density at radius 2 is 2.16 bits per heavy atom. The Balaban J connectivity index is 1.90. The fraction of sp³-hybridized carbons (Fsp3) is 0.562. The quantitative estimate of drug-likeness (QED) is 0.825. The summed E-state index contributed by atoms with van der Waals surface area (Å²) in [5.41, 5.74) is 8.92. The van der Waals surface area contributed by atoms with Crippen molar-refractivity contribution in [1.29, 1.82) is 0 Å². The monoisotopic (exact) mass is 257 g/mol. The summed E-state index contributed by atoms with van der Waals surface area (Å²) >= 11 is 0. The van der Waals surface area contributed by atoms with E-state index in [2.05, 4.69) is 24.5 Å². The summed E-state index contributed by atoms with van der Waals surface area (Å²) in [4.78, 5) is 4.77. The minimum atomic E-state index is 0.453. The van der Waals surface area contributed by atoms with Crippen LogP contribution in [0.4, 0.5) is 5.69 Å². The van der Waals surface area contributed by atoms with Gasteiger partial charge in [-0.1, -0.05) is 26.7 Å². The van der Waals surface area contributed by atoms with E-state index in [0.29, 0.717) is 5.92 Å². The predicted molar refractivity (Wildman–Crippen MR) is 80.2 cm³/mol. The van der Waals surface area contributed by atoms with Crippen molar-refractivity contribution in [2.75, 3.05) is 5.73 Å². The van der Waals surface area contributed by atoms with Crippen LogP contribution in [0.2, 0.25) is 0 Å². The molecule has 1 heterocycles. The summed E-state index contributed by atoms with van der Waals surface area (Å²) in [5, 5.41) is 0. The molecule has 19 heavy (non-hydrogen) atoms. The van der Waals surface area contributed by atoms with Crippen LogP contribution in [0, 0.1) is 5.92 Å².